The highest BCUT2D eigenvalue weighted by atomic mass is 16.5. The summed E-state index contributed by atoms with van der Waals surface area (Å²) in [6.45, 7) is 5.87. The number of nitrogens with one attached hydrogen (secondary N) is 3. The molecule has 1 aliphatic heterocycles. The fourth-order valence-corrected chi connectivity index (χ4v) is 3.34. The van der Waals surface area contributed by atoms with Gasteiger partial charge in [0.25, 0.3) is 0 Å². The van der Waals surface area contributed by atoms with Crippen molar-refractivity contribution in [2.45, 2.75) is 39.4 Å². The topological polar surface area (TPSA) is 112 Å². The third-order valence-electron chi connectivity index (χ3n) is 4.75. The maximum atomic E-state index is 12.4. The van der Waals surface area contributed by atoms with Gasteiger partial charge in [-0.25, -0.2) is 4.98 Å². The Kier molecular flexibility index (Phi) is 6.25. The van der Waals surface area contributed by atoms with Crippen LogP contribution in [0.3, 0.4) is 0 Å². The minimum Gasteiger partial charge on any atom is -0.496 e. The van der Waals surface area contributed by atoms with Crippen LogP contribution in [0.4, 0.5) is 0 Å². The van der Waals surface area contributed by atoms with Crippen LogP contribution in [-0.2, 0) is 22.7 Å². The van der Waals surface area contributed by atoms with Crippen LogP contribution in [0.5, 0.6) is 5.75 Å². The third kappa shape index (κ3) is 4.86. The van der Waals surface area contributed by atoms with Crippen molar-refractivity contribution >= 4 is 11.8 Å². The van der Waals surface area contributed by atoms with Crippen LogP contribution in [0.25, 0.3) is 0 Å². The van der Waals surface area contributed by atoms with E-state index in [2.05, 4.69) is 25.8 Å². The lowest BCUT2D eigenvalue weighted by Crippen LogP contribution is -2.56. The Morgan fingerprint density at radius 2 is 2.21 bits per heavy atom. The number of aromatic amines is 1. The summed E-state index contributed by atoms with van der Waals surface area (Å²) in [5, 5.41) is 12.4. The second-order valence-corrected chi connectivity index (χ2v) is 6.90. The van der Waals surface area contributed by atoms with Crippen molar-refractivity contribution in [1.82, 2.24) is 30.7 Å². The molecule has 0 unspecified atom stereocenters. The molecular weight excluding hydrogens is 360 g/mol. The number of H-pyrrole nitrogens is 1. The molecule has 0 radical (unpaired) electrons. The normalized spacial score (nSPS) is 17.2. The molecular formula is C19H26N6O3. The molecule has 0 spiro atoms. The molecule has 3 rings (SSSR count). The van der Waals surface area contributed by atoms with Crippen LogP contribution >= 0.6 is 0 Å². The molecule has 0 bridgehead atoms. The van der Waals surface area contributed by atoms with Crippen LogP contribution in [0, 0.1) is 13.8 Å². The number of amides is 2. The van der Waals surface area contributed by atoms with Crippen LogP contribution in [-0.4, -0.2) is 58.1 Å². The SMILES string of the molecule is COc1ccc(CN2CCNC(=O)[C@H]2CC(=O)NCc2n[nH]c(C)n2)cc1C. The number of carbonyl (C=O) groups is 2. The average Bonchev–Trinajstić information content (AvgIpc) is 3.08. The van der Waals surface area contributed by atoms with E-state index in [1.807, 2.05) is 30.0 Å². The van der Waals surface area contributed by atoms with Crippen molar-refractivity contribution < 1.29 is 14.3 Å². The summed E-state index contributed by atoms with van der Waals surface area (Å²) in [5.74, 6) is 1.71. The molecule has 1 aliphatic rings. The lowest BCUT2D eigenvalue weighted by atomic mass is 10.1. The highest BCUT2D eigenvalue weighted by Gasteiger charge is 2.31. The Morgan fingerprint density at radius 3 is 2.89 bits per heavy atom. The van der Waals surface area contributed by atoms with Gasteiger partial charge >= 0.3 is 0 Å². The maximum Gasteiger partial charge on any atom is 0.237 e. The van der Waals surface area contributed by atoms with Crippen LogP contribution in [0.1, 0.15) is 29.2 Å². The van der Waals surface area contributed by atoms with Crippen molar-refractivity contribution in [3.8, 4) is 5.75 Å². The van der Waals surface area contributed by atoms with Crippen molar-refractivity contribution in [3.63, 3.8) is 0 Å². The summed E-state index contributed by atoms with van der Waals surface area (Å²) >= 11 is 0. The summed E-state index contributed by atoms with van der Waals surface area (Å²) in [6, 6.07) is 5.45. The maximum absolute atomic E-state index is 12.4. The van der Waals surface area contributed by atoms with E-state index in [4.69, 9.17) is 4.74 Å². The molecule has 9 heteroatoms. The van der Waals surface area contributed by atoms with Gasteiger partial charge in [0.05, 0.1) is 26.1 Å². The fraction of sp³-hybridized carbons (Fsp3) is 0.474. The summed E-state index contributed by atoms with van der Waals surface area (Å²) in [6.07, 6.45) is 0.0877. The Labute approximate surface area is 163 Å². The largest absolute Gasteiger partial charge is 0.496 e. The van der Waals surface area contributed by atoms with Crippen LogP contribution in [0.15, 0.2) is 18.2 Å². The first kappa shape index (κ1) is 19.8. The number of nitrogens with zero attached hydrogens (tertiary/aromatic N) is 3. The number of methoxy groups -OCH3 is 1. The molecule has 2 aromatic rings. The van der Waals surface area contributed by atoms with E-state index in [9.17, 15) is 9.59 Å². The molecule has 1 atom stereocenters. The molecule has 150 valence electrons. The van der Waals surface area contributed by atoms with E-state index >= 15 is 0 Å². The first-order valence-corrected chi connectivity index (χ1v) is 9.26. The van der Waals surface area contributed by atoms with E-state index in [1.54, 1.807) is 14.0 Å². The quantitative estimate of drug-likeness (QED) is 0.636. The van der Waals surface area contributed by atoms with Gasteiger partial charge in [-0.3, -0.25) is 19.6 Å². The number of hydrogen-bond acceptors (Lipinski definition) is 6. The molecule has 2 amide bonds. The summed E-state index contributed by atoms with van der Waals surface area (Å²) in [7, 11) is 1.64. The number of aryl methyl sites for hydroxylation is 2. The lowest BCUT2D eigenvalue weighted by molar-refractivity contribution is -0.134. The fourth-order valence-electron chi connectivity index (χ4n) is 3.34. The first-order valence-electron chi connectivity index (χ1n) is 9.26. The molecule has 0 saturated carbocycles. The Morgan fingerprint density at radius 1 is 1.39 bits per heavy atom. The lowest BCUT2D eigenvalue weighted by Gasteiger charge is -2.34. The van der Waals surface area contributed by atoms with Gasteiger partial charge in [0.15, 0.2) is 5.82 Å². The van der Waals surface area contributed by atoms with E-state index in [0.29, 0.717) is 31.3 Å². The monoisotopic (exact) mass is 386 g/mol. The predicted molar refractivity (Wildman–Crippen MR) is 103 cm³/mol. The van der Waals surface area contributed by atoms with Crippen molar-refractivity contribution in [2.75, 3.05) is 20.2 Å². The van der Waals surface area contributed by atoms with E-state index in [-0.39, 0.29) is 24.8 Å². The standard InChI is InChI=1S/C19H26N6O3/c1-12-8-14(4-5-16(12)28-3)11-25-7-6-20-19(27)15(25)9-18(26)21-10-17-22-13(2)23-24-17/h4-5,8,15H,6-7,9-11H2,1-3H3,(H,20,27)(H,21,26)(H,22,23,24)/t15-/m1/s1. The highest BCUT2D eigenvalue weighted by molar-refractivity contribution is 5.88. The van der Waals surface area contributed by atoms with Crippen molar-refractivity contribution in [3.05, 3.63) is 41.0 Å². The van der Waals surface area contributed by atoms with Gasteiger partial charge < -0.3 is 15.4 Å². The molecule has 9 nitrogen and oxygen atoms in total. The van der Waals surface area contributed by atoms with Crippen molar-refractivity contribution in [1.29, 1.82) is 0 Å². The molecule has 1 aromatic carbocycles. The minimum atomic E-state index is -0.509. The molecule has 28 heavy (non-hydrogen) atoms. The first-order chi connectivity index (χ1) is 13.5. The second-order valence-electron chi connectivity index (χ2n) is 6.90. The van der Waals surface area contributed by atoms with Gasteiger partial charge in [-0.1, -0.05) is 12.1 Å². The molecule has 1 aromatic heterocycles. The summed E-state index contributed by atoms with van der Waals surface area (Å²) in [4.78, 5) is 31.0. The van der Waals surface area contributed by atoms with Gasteiger partial charge in [0.2, 0.25) is 11.8 Å². The highest BCUT2D eigenvalue weighted by Crippen LogP contribution is 2.21. The molecule has 1 fully saturated rings. The molecule has 0 aliphatic carbocycles. The summed E-state index contributed by atoms with van der Waals surface area (Å²) in [5.41, 5.74) is 2.12. The Balaban J connectivity index is 1.62. The summed E-state index contributed by atoms with van der Waals surface area (Å²) < 4.78 is 5.30. The molecule has 1 saturated heterocycles. The van der Waals surface area contributed by atoms with Gasteiger partial charge in [-0.2, -0.15) is 5.10 Å². The Hall–Kier alpha value is -2.94. The molecule has 3 N–H and O–H groups in total. The third-order valence-corrected chi connectivity index (χ3v) is 4.75. The van der Waals surface area contributed by atoms with E-state index < -0.39 is 6.04 Å². The number of hydrogen-bond donors (Lipinski definition) is 3. The van der Waals surface area contributed by atoms with Crippen LogP contribution in [0.2, 0.25) is 0 Å². The van der Waals surface area contributed by atoms with Gasteiger partial charge in [0, 0.05) is 19.6 Å². The molecule has 2 heterocycles. The number of ether oxygens (including phenoxy) is 1. The number of benzene rings is 1. The second kappa shape index (κ2) is 8.83. The predicted octanol–water partition coefficient (Wildman–Crippen LogP) is 0.437. The average molecular weight is 386 g/mol. The minimum absolute atomic E-state index is 0.0877. The van der Waals surface area contributed by atoms with Crippen molar-refractivity contribution in [2.24, 2.45) is 0 Å². The number of rotatable bonds is 7. The van der Waals surface area contributed by atoms with Gasteiger partial charge in [-0.15, -0.1) is 0 Å². The van der Waals surface area contributed by atoms with E-state index in [0.717, 1.165) is 16.9 Å². The number of carbonyl (C=O) groups excluding carboxylic acids is 2. The number of aromatic nitrogens is 3. The van der Waals surface area contributed by atoms with Crippen LogP contribution < -0.4 is 15.4 Å². The zero-order valence-electron chi connectivity index (χ0n) is 16.4. The van der Waals surface area contributed by atoms with Gasteiger partial charge in [-0.05, 0) is 31.0 Å². The zero-order chi connectivity index (χ0) is 20.1. The zero-order valence-corrected chi connectivity index (χ0v) is 16.4. The smallest absolute Gasteiger partial charge is 0.237 e. The van der Waals surface area contributed by atoms with E-state index in [1.165, 1.54) is 0 Å². The Bertz CT molecular complexity index is 850. The number of piperazine rings is 1. The van der Waals surface area contributed by atoms with Gasteiger partial charge in [0.1, 0.15) is 11.6 Å².